The van der Waals surface area contributed by atoms with Crippen molar-refractivity contribution < 1.29 is 27.6 Å². The van der Waals surface area contributed by atoms with Gasteiger partial charge in [-0.05, 0) is 55.2 Å². The van der Waals surface area contributed by atoms with Crippen molar-refractivity contribution in [1.82, 2.24) is 5.32 Å². The number of amides is 3. The molecule has 1 fully saturated rings. The average Bonchev–Trinajstić information content (AvgIpc) is 2.85. The Hall–Kier alpha value is -3.56. The van der Waals surface area contributed by atoms with Crippen LogP contribution in [0.2, 0.25) is 0 Å². The third-order valence-corrected chi connectivity index (χ3v) is 6.68. The normalized spacial score (nSPS) is 16.3. The number of rotatable bonds is 6. The molecule has 7 nitrogen and oxygen atoms in total. The lowest BCUT2D eigenvalue weighted by molar-refractivity contribution is -0.137. The maximum atomic E-state index is 13.4. The summed E-state index contributed by atoms with van der Waals surface area (Å²) in [7, 11) is 1.48. The van der Waals surface area contributed by atoms with Crippen LogP contribution in [0.25, 0.3) is 0 Å². The summed E-state index contributed by atoms with van der Waals surface area (Å²) in [5, 5.41) is 8.41. The first kappa shape index (κ1) is 25.5. The summed E-state index contributed by atoms with van der Waals surface area (Å²) in [4.78, 5) is 39.0. The predicted octanol–water partition coefficient (Wildman–Crippen LogP) is 4.73. The molecule has 2 aliphatic rings. The number of likely N-dealkylation sites (N-methyl/N-ethyl adjacent to an activating group) is 1. The van der Waals surface area contributed by atoms with Gasteiger partial charge in [0.2, 0.25) is 11.8 Å². The van der Waals surface area contributed by atoms with Gasteiger partial charge in [0.15, 0.2) is 0 Å². The number of carbonyl (C=O) groups excluding carboxylic acids is 3. The molecule has 2 aromatic rings. The molecule has 1 heterocycles. The molecule has 10 heteroatoms. The molecule has 1 aliphatic carbocycles. The number of alkyl halides is 3. The van der Waals surface area contributed by atoms with E-state index in [-0.39, 0.29) is 42.1 Å². The average molecular weight is 503 g/mol. The van der Waals surface area contributed by atoms with Gasteiger partial charge >= 0.3 is 6.18 Å². The number of hydrogen-bond acceptors (Lipinski definition) is 4. The zero-order chi connectivity index (χ0) is 25.9. The molecule has 1 aliphatic heterocycles. The first-order chi connectivity index (χ1) is 17.2. The number of anilines is 3. The molecule has 0 unspecified atom stereocenters. The number of hydrogen-bond donors (Lipinski definition) is 3. The second-order valence-electron chi connectivity index (χ2n) is 9.19. The summed E-state index contributed by atoms with van der Waals surface area (Å²) in [6, 6.07) is 8.15. The van der Waals surface area contributed by atoms with E-state index in [1.807, 2.05) is 0 Å². The Morgan fingerprint density at radius 2 is 1.78 bits per heavy atom. The minimum atomic E-state index is -4.53. The zero-order valence-electron chi connectivity index (χ0n) is 20.0. The van der Waals surface area contributed by atoms with Crippen LogP contribution in [-0.4, -0.2) is 37.4 Å². The molecule has 0 atom stereocenters. The van der Waals surface area contributed by atoms with Crippen molar-refractivity contribution in [2.24, 2.45) is 0 Å². The van der Waals surface area contributed by atoms with Crippen molar-refractivity contribution in [3.8, 4) is 0 Å². The highest BCUT2D eigenvalue weighted by Gasteiger charge is 2.32. The van der Waals surface area contributed by atoms with E-state index < -0.39 is 17.6 Å². The van der Waals surface area contributed by atoms with Crippen LogP contribution in [0.15, 0.2) is 36.4 Å². The second-order valence-corrected chi connectivity index (χ2v) is 9.19. The quantitative estimate of drug-likeness (QED) is 0.533. The van der Waals surface area contributed by atoms with Crippen LogP contribution in [0.1, 0.15) is 60.0 Å². The molecular weight excluding hydrogens is 473 g/mol. The van der Waals surface area contributed by atoms with Crippen LogP contribution in [0.5, 0.6) is 0 Å². The summed E-state index contributed by atoms with van der Waals surface area (Å²) in [6.07, 6.45) is 0.980. The van der Waals surface area contributed by atoms with Gasteiger partial charge in [-0.3, -0.25) is 14.4 Å². The molecule has 0 radical (unpaired) electrons. The lowest BCUT2D eigenvalue weighted by atomic mass is 9.94. The van der Waals surface area contributed by atoms with E-state index in [9.17, 15) is 27.6 Å². The maximum absolute atomic E-state index is 13.4. The van der Waals surface area contributed by atoms with Crippen molar-refractivity contribution in [3.05, 3.63) is 53.1 Å². The van der Waals surface area contributed by atoms with E-state index in [0.717, 1.165) is 49.8 Å². The first-order valence-corrected chi connectivity index (χ1v) is 12.1. The van der Waals surface area contributed by atoms with Crippen LogP contribution < -0.4 is 20.9 Å². The molecule has 0 saturated heterocycles. The Kier molecular flexibility index (Phi) is 7.51. The van der Waals surface area contributed by atoms with Crippen LogP contribution in [0.3, 0.4) is 0 Å². The minimum Gasteiger partial charge on any atom is -0.382 e. The standard InChI is InChI=1S/C26H29F3N4O3/c1-30-23(34)15-33-22-14-19(10-7-16(22)8-12-24(33)35)32-25(36)20-11-9-17(26(27,28)29)13-21(20)31-18-5-3-2-4-6-18/h7,9-11,13-14,18,31H,2-6,8,12,15H2,1H3,(H,30,34)(H,32,36). The fraction of sp³-hybridized carbons (Fsp3) is 0.423. The molecule has 36 heavy (non-hydrogen) atoms. The Bertz CT molecular complexity index is 1160. The molecule has 0 spiro atoms. The van der Waals surface area contributed by atoms with Crippen LogP contribution >= 0.6 is 0 Å². The fourth-order valence-corrected chi connectivity index (χ4v) is 4.71. The molecular formula is C26H29F3N4O3. The number of aryl methyl sites for hydroxylation is 1. The Morgan fingerprint density at radius 1 is 1.03 bits per heavy atom. The van der Waals surface area contributed by atoms with Crippen LogP contribution in [0, 0.1) is 0 Å². The largest absolute Gasteiger partial charge is 0.416 e. The molecule has 3 amide bonds. The molecule has 1 saturated carbocycles. The van der Waals surface area contributed by atoms with Crippen molar-refractivity contribution >= 4 is 34.8 Å². The van der Waals surface area contributed by atoms with Gasteiger partial charge in [-0.1, -0.05) is 25.3 Å². The summed E-state index contributed by atoms with van der Waals surface area (Å²) < 4.78 is 40.1. The third kappa shape index (κ3) is 5.80. The Morgan fingerprint density at radius 3 is 2.47 bits per heavy atom. The number of nitrogens with zero attached hydrogens (tertiary/aromatic N) is 1. The summed E-state index contributed by atoms with van der Waals surface area (Å²) in [6.45, 7) is -0.145. The fourth-order valence-electron chi connectivity index (χ4n) is 4.71. The van der Waals surface area contributed by atoms with E-state index in [2.05, 4.69) is 16.0 Å². The number of halogens is 3. The van der Waals surface area contributed by atoms with E-state index >= 15 is 0 Å². The Balaban J connectivity index is 1.60. The molecule has 192 valence electrons. The monoisotopic (exact) mass is 502 g/mol. The van der Waals surface area contributed by atoms with Gasteiger partial charge < -0.3 is 20.9 Å². The summed E-state index contributed by atoms with van der Waals surface area (Å²) in [5.41, 5.74) is 1.19. The summed E-state index contributed by atoms with van der Waals surface area (Å²) in [5.74, 6) is -1.09. The van der Waals surface area contributed by atoms with E-state index in [1.54, 1.807) is 18.2 Å². The topological polar surface area (TPSA) is 90.5 Å². The van der Waals surface area contributed by atoms with Gasteiger partial charge in [0.05, 0.1) is 11.1 Å². The van der Waals surface area contributed by atoms with Crippen molar-refractivity contribution in [3.63, 3.8) is 0 Å². The predicted molar refractivity (Wildman–Crippen MR) is 131 cm³/mol. The number of nitrogens with one attached hydrogen (secondary N) is 3. The van der Waals surface area contributed by atoms with Crippen molar-refractivity contribution in [2.75, 3.05) is 29.1 Å². The van der Waals surface area contributed by atoms with Gasteiger partial charge in [0.25, 0.3) is 5.91 Å². The minimum absolute atomic E-state index is 0.00168. The molecule has 0 bridgehead atoms. The van der Waals surface area contributed by atoms with Crippen LogP contribution in [0.4, 0.5) is 30.2 Å². The van der Waals surface area contributed by atoms with Gasteiger partial charge in [0.1, 0.15) is 6.54 Å². The second kappa shape index (κ2) is 10.6. The van der Waals surface area contributed by atoms with E-state index in [0.29, 0.717) is 17.8 Å². The Labute approximate surface area is 207 Å². The van der Waals surface area contributed by atoms with Gasteiger partial charge in [-0.2, -0.15) is 13.2 Å². The van der Waals surface area contributed by atoms with Gasteiger partial charge in [-0.15, -0.1) is 0 Å². The SMILES string of the molecule is CNC(=O)CN1C(=O)CCc2ccc(NC(=O)c3ccc(C(F)(F)F)cc3NC3CCCCC3)cc21. The highest BCUT2D eigenvalue weighted by Crippen LogP contribution is 2.35. The number of carbonyl (C=O) groups is 3. The number of benzene rings is 2. The smallest absolute Gasteiger partial charge is 0.382 e. The maximum Gasteiger partial charge on any atom is 0.416 e. The zero-order valence-corrected chi connectivity index (χ0v) is 20.0. The highest BCUT2D eigenvalue weighted by molar-refractivity contribution is 6.09. The first-order valence-electron chi connectivity index (χ1n) is 12.1. The van der Waals surface area contributed by atoms with Gasteiger partial charge in [-0.25, -0.2) is 0 Å². The summed E-state index contributed by atoms with van der Waals surface area (Å²) >= 11 is 0. The third-order valence-electron chi connectivity index (χ3n) is 6.68. The van der Waals surface area contributed by atoms with E-state index in [4.69, 9.17) is 0 Å². The molecule has 0 aromatic heterocycles. The van der Waals surface area contributed by atoms with Crippen molar-refractivity contribution in [1.29, 1.82) is 0 Å². The van der Waals surface area contributed by atoms with Gasteiger partial charge in [0, 0.05) is 36.6 Å². The number of fused-ring (bicyclic) bond motifs is 1. The highest BCUT2D eigenvalue weighted by atomic mass is 19.4. The molecule has 2 aromatic carbocycles. The van der Waals surface area contributed by atoms with E-state index in [1.165, 1.54) is 18.0 Å². The van der Waals surface area contributed by atoms with Crippen LogP contribution in [-0.2, 0) is 22.2 Å². The lowest BCUT2D eigenvalue weighted by Crippen LogP contribution is -2.42. The van der Waals surface area contributed by atoms with Crippen molar-refractivity contribution in [2.45, 2.75) is 57.2 Å². The molecule has 4 rings (SSSR count). The lowest BCUT2D eigenvalue weighted by Gasteiger charge is -2.29. The molecule has 3 N–H and O–H groups in total.